The maximum absolute atomic E-state index is 11.8. The number of rotatable bonds is 3. The van der Waals surface area contributed by atoms with E-state index in [4.69, 9.17) is 28.9 Å². The molecule has 0 aliphatic rings. The zero-order valence-corrected chi connectivity index (χ0v) is 11.5. The first-order valence-electron chi connectivity index (χ1n) is 5.64. The smallest absolute Gasteiger partial charge is 0.228 e. The highest BCUT2D eigenvalue weighted by molar-refractivity contribution is 6.33. The number of anilines is 2. The first-order valence-corrected chi connectivity index (χ1v) is 6.39. The lowest BCUT2D eigenvalue weighted by Crippen LogP contribution is -2.14. The van der Waals surface area contributed by atoms with Gasteiger partial charge in [-0.3, -0.25) is 4.79 Å². The standard InChI is InChI=1S/C14H12Cl2N2O/c15-10-3-1-9(2-4-10)7-14(19)18-11-5-6-12(16)13(17)8-11/h1-6,8H,7,17H2,(H,18,19). The fourth-order valence-corrected chi connectivity index (χ4v) is 1.86. The van der Waals surface area contributed by atoms with Crippen LogP contribution in [0.5, 0.6) is 0 Å². The average Bonchev–Trinajstić information content (AvgIpc) is 2.37. The molecule has 5 heteroatoms. The summed E-state index contributed by atoms with van der Waals surface area (Å²) in [5, 5.41) is 3.88. The van der Waals surface area contributed by atoms with Gasteiger partial charge in [0, 0.05) is 10.7 Å². The summed E-state index contributed by atoms with van der Waals surface area (Å²) >= 11 is 11.6. The normalized spacial score (nSPS) is 10.2. The maximum atomic E-state index is 11.8. The van der Waals surface area contributed by atoms with Gasteiger partial charge in [0.25, 0.3) is 0 Å². The van der Waals surface area contributed by atoms with Crippen molar-refractivity contribution in [2.45, 2.75) is 6.42 Å². The Hall–Kier alpha value is -1.71. The molecular formula is C14H12Cl2N2O. The minimum absolute atomic E-state index is 0.121. The molecule has 0 saturated carbocycles. The van der Waals surface area contributed by atoms with Crippen LogP contribution in [-0.2, 0) is 11.2 Å². The molecule has 0 fully saturated rings. The summed E-state index contributed by atoms with van der Waals surface area (Å²) in [6.45, 7) is 0. The molecule has 0 aromatic heterocycles. The lowest BCUT2D eigenvalue weighted by atomic mass is 10.1. The topological polar surface area (TPSA) is 55.1 Å². The van der Waals surface area contributed by atoms with Gasteiger partial charge in [-0.1, -0.05) is 35.3 Å². The third-order valence-electron chi connectivity index (χ3n) is 2.56. The van der Waals surface area contributed by atoms with E-state index in [0.717, 1.165) is 5.56 Å². The largest absolute Gasteiger partial charge is 0.397 e. The van der Waals surface area contributed by atoms with Gasteiger partial charge in [-0.25, -0.2) is 0 Å². The summed E-state index contributed by atoms with van der Waals surface area (Å²) in [6.07, 6.45) is 0.277. The summed E-state index contributed by atoms with van der Waals surface area (Å²) in [4.78, 5) is 11.8. The molecule has 1 amide bonds. The Bertz CT molecular complexity index is 597. The number of carbonyl (C=O) groups excluding carboxylic acids is 1. The lowest BCUT2D eigenvalue weighted by molar-refractivity contribution is -0.115. The predicted octanol–water partition coefficient (Wildman–Crippen LogP) is 3.76. The number of nitrogens with two attached hydrogens (primary N) is 1. The Morgan fingerprint density at radius 3 is 2.42 bits per heavy atom. The van der Waals surface area contributed by atoms with Crippen molar-refractivity contribution in [3.05, 3.63) is 58.1 Å². The Morgan fingerprint density at radius 1 is 1.11 bits per heavy atom. The average molecular weight is 295 g/mol. The minimum atomic E-state index is -0.121. The molecule has 0 saturated heterocycles. The van der Waals surface area contributed by atoms with E-state index in [1.807, 2.05) is 12.1 Å². The number of nitrogens with one attached hydrogen (secondary N) is 1. The van der Waals surface area contributed by atoms with E-state index in [1.165, 1.54) is 0 Å². The number of hydrogen-bond donors (Lipinski definition) is 2. The van der Waals surface area contributed by atoms with Crippen LogP contribution in [0.15, 0.2) is 42.5 Å². The molecule has 2 rings (SSSR count). The second kappa shape index (κ2) is 5.95. The number of nitrogen functional groups attached to an aromatic ring is 1. The summed E-state index contributed by atoms with van der Waals surface area (Å²) < 4.78 is 0. The van der Waals surface area contributed by atoms with Crippen molar-refractivity contribution >= 4 is 40.5 Å². The van der Waals surface area contributed by atoms with E-state index in [2.05, 4.69) is 5.32 Å². The first-order chi connectivity index (χ1) is 9.04. The predicted molar refractivity (Wildman–Crippen MR) is 79.7 cm³/mol. The fourth-order valence-electron chi connectivity index (χ4n) is 1.61. The molecule has 0 aliphatic heterocycles. The van der Waals surface area contributed by atoms with Gasteiger partial charge >= 0.3 is 0 Å². The molecule has 3 N–H and O–H groups in total. The van der Waals surface area contributed by atoms with Crippen LogP contribution in [0.1, 0.15) is 5.56 Å². The van der Waals surface area contributed by atoms with Crippen molar-refractivity contribution < 1.29 is 4.79 Å². The van der Waals surface area contributed by atoms with Gasteiger partial charge in [0.05, 0.1) is 17.1 Å². The zero-order valence-electron chi connectivity index (χ0n) is 9.99. The molecule has 0 atom stereocenters. The highest BCUT2D eigenvalue weighted by Crippen LogP contribution is 2.22. The molecule has 2 aromatic rings. The van der Waals surface area contributed by atoms with Crippen LogP contribution in [0.4, 0.5) is 11.4 Å². The molecule has 0 heterocycles. The van der Waals surface area contributed by atoms with Gasteiger partial charge in [0.1, 0.15) is 0 Å². The summed E-state index contributed by atoms with van der Waals surface area (Å²) in [5.74, 6) is -0.121. The molecule has 0 radical (unpaired) electrons. The van der Waals surface area contributed by atoms with Crippen LogP contribution in [0.3, 0.4) is 0 Å². The van der Waals surface area contributed by atoms with E-state index in [9.17, 15) is 4.79 Å². The quantitative estimate of drug-likeness (QED) is 0.847. The van der Waals surface area contributed by atoms with Crippen molar-refractivity contribution in [1.82, 2.24) is 0 Å². The molecule has 3 nitrogen and oxygen atoms in total. The highest BCUT2D eigenvalue weighted by Gasteiger charge is 2.05. The number of benzene rings is 2. The highest BCUT2D eigenvalue weighted by atomic mass is 35.5. The van der Waals surface area contributed by atoms with Gasteiger partial charge < -0.3 is 11.1 Å². The van der Waals surface area contributed by atoms with Crippen LogP contribution < -0.4 is 11.1 Å². The fraction of sp³-hybridized carbons (Fsp3) is 0.0714. The monoisotopic (exact) mass is 294 g/mol. The summed E-state index contributed by atoms with van der Waals surface area (Å²) in [7, 11) is 0. The molecule has 0 aliphatic carbocycles. The molecule has 0 spiro atoms. The maximum Gasteiger partial charge on any atom is 0.228 e. The molecule has 98 valence electrons. The number of amides is 1. The van der Waals surface area contributed by atoms with Crippen LogP contribution in [0, 0.1) is 0 Å². The second-order valence-corrected chi connectivity index (χ2v) is 4.93. The van der Waals surface area contributed by atoms with E-state index in [-0.39, 0.29) is 12.3 Å². The Morgan fingerprint density at radius 2 is 1.79 bits per heavy atom. The Balaban J connectivity index is 2.01. The summed E-state index contributed by atoms with van der Waals surface area (Å²) in [6, 6.07) is 12.1. The van der Waals surface area contributed by atoms with Gasteiger partial charge in [-0.2, -0.15) is 0 Å². The number of halogens is 2. The van der Waals surface area contributed by atoms with Crippen molar-refractivity contribution in [3.63, 3.8) is 0 Å². The van der Waals surface area contributed by atoms with Gasteiger partial charge in [0.15, 0.2) is 0 Å². The van der Waals surface area contributed by atoms with Crippen LogP contribution >= 0.6 is 23.2 Å². The molecule has 19 heavy (non-hydrogen) atoms. The van der Waals surface area contributed by atoms with E-state index in [0.29, 0.717) is 21.4 Å². The van der Waals surface area contributed by atoms with Crippen LogP contribution in [0.2, 0.25) is 10.0 Å². The van der Waals surface area contributed by atoms with Crippen molar-refractivity contribution in [2.24, 2.45) is 0 Å². The third-order valence-corrected chi connectivity index (χ3v) is 3.15. The van der Waals surface area contributed by atoms with Gasteiger partial charge in [-0.05, 0) is 35.9 Å². The van der Waals surface area contributed by atoms with Gasteiger partial charge in [-0.15, -0.1) is 0 Å². The number of carbonyl (C=O) groups is 1. The van der Waals surface area contributed by atoms with Crippen LogP contribution in [-0.4, -0.2) is 5.91 Å². The Labute approximate surface area is 121 Å². The zero-order chi connectivity index (χ0) is 13.8. The first kappa shape index (κ1) is 13.7. The van der Waals surface area contributed by atoms with Crippen molar-refractivity contribution in [3.8, 4) is 0 Å². The van der Waals surface area contributed by atoms with Crippen molar-refractivity contribution in [2.75, 3.05) is 11.1 Å². The minimum Gasteiger partial charge on any atom is -0.397 e. The Kier molecular flexibility index (Phi) is 4.30. The molecule has 2 aromatic carbocycles. The third kappa shape index (κ3) is 3.88. The molecule has 0 bridgehead atoms. The molecule has 0 unspecified atom stereocenters. The SMILES string of the molecule is Nc1cc(NC(=O)Cc2ccc(Cl)cc2)ccc1Cl. The number of hydrogen-bond acceptors (Lipinski definition) is 2. The molecular weight excluding hydrogens is 283 g/mol. The lowest BCUT2D eigenvalue weighted by Gasteiger charge is -2.07. The second-order valence-electron chi connectivity index (χ2n) is 4.09. The van der Waals surface area contributed by atoms with E-state index >= 15 is 0 Å². The van der Waals surface area contributed by atoms with Crippen LogP contribution in [0.25, 0.3) is 0 Å². The van der Waals surface area contributed by atoms with E-state index < -0.39 is 0 Å². The van der Waals surface area contributed by atoms with Crippen molar-refractivity contribution in [1.29, 1.82) is 0 Å². The summed E-state index contributed by atoms with van der Waals surface area (Å²) in [5.41, 5.74) is 7.62. The van der Waals surface area contributed by atoms with Gasteiger partial charge in [0.2, 0.25) is 5.91 Å². The van der Waals surface area contributed by atoms with E-state index in [1.54, 1.807) is 30.3 Å².